The molecule has 0 amide bonds. The van der Waals surface area contributed by atoms with Gasteiger partial charge >= 0.3 is 5.97 Å². The van der Waals surface area contributed by atoms with Gasteiger partial charge in [0.05, 0.1) is 5.60 Å². The second-order valence-corrected chi connectivity index (χ2v) is 6.39. The minimum Gasteiger partial charge on any atom is -0.456 e. The molecule has 0 aromatic heterocycles. The Morgan fingerprint density at radius 2 is 1.89 bits per heavy atom. The van der Waals surface area contributed by atoms with Crippen molar-refractivity contribution in [1.29, 1.82) is 0 Å². The number of carbonyl (C=O) groups excluding carboxylic acids is 1. The Morgan fingerprint density at radius 3 is 2.44 bits per heavy atom. The van der Waals surface area contributed by atoms with E-state index in [4.69, 9.17) is 9.47 Å². The van der Waals surface area contributed by atoms with Crippen LogP contribution in [0, 0.1) is 11.8 Å². The van der Waals surface area contributed by atoms with E-state index in [1.54, 1.807) is 0 Å². The van der Waals surface area contributed by atoms with Gasteiger partial charge in [-0.05, 0) is 50.9 Å². The molecular weight excluding hydrogens is 228 g/mol. The first-order valence-corrected chi connectivity index (χ1v) is 7.08. The monoisotopic (exact) mass is 250 g/mol. The van der Waals surface area contributed by atoms with Gasteiger partial charge in [0.15, 0.2) is 0 Å². The van der Waals surface area contributed by atoms with Gasteiger partial charge in [-0.15, -0.1) is 0 Å². The summed E-state index contributed by atoms with van der Waals surface area (Å²) < 4.78 is 11.8. The summed E-state index contributed by atoms with van der Waals surface area (Å²) in [5, 5.41) is 0. The van der Waals surface area contributed by atoms with E-state index in [1.807, 2.05) is 0 Å². The fraction of sp³-hybridized carbons (Fsp3) is 0.800. The number of esters is 1. The molecule has 4 saturated carbocycles. The van der Waals surface area contributed by atoms with Crippen molar-refractivity contribution in [3.05, 3.63) is 12.7 Å². The van der Waals surface area contributed by atoms with Gasteiger partial charge in [0.1, 0.15) is 5.60 Å². The molecule has 100 valence electrons. The maximum Gasteiger partial charge on any atom is 0.330 e. The second kappa shape index (κ2) is 4.09. The summed E-state index contributed by atoms with van der Waals surface area (Å²) in [6, 6.07) is 0. The third-order valence-electron chi connectivity index (χ3n) is 4.89. The van der Waals surface area contributed by atoms with E-state index in [2.05, 4.69) is 13.5 Å². The highest BCUT2D eigenvalue weighted by Gasteiger charge is 2.60. The largest absolute Gasteiger partial charge is 0.456 e. The maximum atomic E-state index is 11.6. The van der Waals surface area contributed by atoms with Crippen molar-refractivity contribution in [2.75, 3.05) is 6.61 Å². The average Bonchev–Trinajstić information content (AvgIpc) is 2.26. The number of hydrogen-bond donors (Lipinski definition) is 0. The third-order valence-corrected chi connectivity index (χ3v) is 4.89. The number of ether oxygens (including phenoxy) is 2. The smallest absolute Gasteiger partial charge is 0.330 e. The van der Waals surface area contributed by atoms with Crippen LogP contribution in [0.2, 0.25) is 0 Å². The van der Waals surface area contributed by atoms with Crippen LogP contribution in [0.5, 0.6) is 0 Å². The molecule has 18 heavy (non-hydrogen) atoms. The molecule has 0 saturated heterocycles. The highest BCUT2D eigenvalue weighted by Crippen LogP contribution is 2.60. The first-order chi connectivity index (χ1) is 8.59. The van der Waals surface area contributed by atoms with Gasteiger partial charge in [-0.25, -0.2) is 4.79 Å². The van der Waals surface area contributed by atoms with Crippen molar-refractivity contribution in [2.24, 2.45) is 11.8 Å². The van der Waals surface area contributed by atoms with E-state index in [9.17, 15) is 4.79 Å². The van der Waals surface area contributed by atoms with Crippen LogP contribution >= 0.6 is 0 Å². The Bertz CT molecular complexity index is 360. The van der Waals surface area contributed by atoms with Crippen molar-refractivity contribution in [3.63, 3.8) is 0 Å². The summed E-state index contributed by atoms with van der Waals surface area (Å²) in [6.45, 7) is 6.32. The van der Waals surface area contributed by atoms with E-state index in [0.717, 1.165) is 38.7 Å². The molecule has 4 bridgehead atoms. The summed E-state index contributed by atoms with van der Waals surface area (Å²) in [4.78, 5) is 11.6. The van der Waals surface area contributed by atoms with Gasteiger partial charge in [-0.1, -0.05) is 6.58 Å². The van der Waals surface area contributed by atoms with Crippen molar-refractivity contribution >= 4 is 5.97 Å². The Balaban J connectivity index is 1.84. The molecule has 0 radical (unpaired) electrons. The van der Waals surface area contributed by atoms with Crippen molar-refractivity contribution < 1.29 is 14.3 Å². The topological polar surface area (TPSA) is 35.5 Å². The molecule has 3 heteroatoms. The molecule has 0 N–H and O–H groups in total. The van der Waals surface area contributed by atoms with E-state index < -0.39 is 0 Å². The van der Waals surface area contributed by atoms with E-state index >= 15 is 0 Å². The summed E-state index contributed by atoms with van der Waals surface area (Å²) >= 11 is 0. The maximum absolute atomic E-state index is 11.6. The molecule has 0 aromatic carbocycles. The predicted octanol–water partition coefficient (Wildman–Crippen LogP) is 2.84. The quantitative estimate of drug-likeness (QED) is 0.568. The molecule has 4 rings (SSSR count). The first kappa shape index (κ1) is 12.2. The lowest BCUT2D eigenvalue weighted by Gasteiger charge is -2.60. The van der Waals surface area contributed by atoms with Crippen LogP contribution in [-0.2, 0) is 14.3 Å². The van der Waals surface area contributed by atoms with E-state index in [-0.39, 0.29) is 17.2 Å². The molecule has 4 aliphatic rings. The van der Waals surface area contributed by atoms with Gasteiger partial charge in [0.2, 0.25) is 0 Å². The summed E-state index contributed by atoms with van der Waals surface area (Å²) in [5.41, 5.74) is -0.273. The zero-order valence-corrected chi connectivity index (χ0v) is 11.1. The minimum absolute atomic E-state index is 0.0136. The SMILES string of the molecule is C=CC(=O)OC12CC3CC(CC(OCC)(C3)C1)C2. The lowest BCUT2D eigenvalue weighted by Crippen LogP contribution is -2.61. The standard InChI is InChI=1S/C15H22O3/c1-3-13(16)18-15-8-11-5-12(9-15)7-14(6-11,10-15)17-4-2/h3,11-12H,1,4-10H2,2H3. The van der Waals surface area contributed by atoms with Crippen LogP contribution in [0.15, 0.2) is 12.7 Å². The second-order valence-electron chi connectivity index (χ2n) is 6.39. The molecule has 0 heterocycles. The van der Waals surface area contributed by atoms with Crippen molar-refractivity contribution in [2.45, 2.75) is 56.7 Å². The van der Waals surface area contributed by atoms with Crippen LogP contribution in [0.4, 0.5) is 0 Å². The van der Waals surface area contributed by atoms with Crippen LogP contribution in [0.1, 0.15) is 45.4 Å². The van der Waals surface area contributed by atoms with E-state index in [0.29, 0.717) is 11.8 Å². The minimum atomic E-state index is -0.274. The Kier molecular flexibility index (Phi) is 2.77. The number of carbonyl (C=O) groups is 1. The molecule has 0 aliphatic heterocycles. The summed E-state index contributed by atoms with van der Waals surface area (Å²) in [5.74, 6) is 1.08. The van der Waals surface area contributed by atoms with E-state index in [1.165, 1.54) is 12.5 Å². The summed E-state index contributed by atoms with van der Waals surface area (Å²) in [6.07, 6.45) is 7.83. The Labute approximate surface area is 109 Å². The van der Waals surface area contributed by atoms with Gasteiger partial charge in [0.25, 0.3) is 0 Å². The Morgan fingerprint density at radius 1 is 1.28 bits per heavy atom. The van der Waals surface area contributed by atoms with Crippen LogP contribution in [-0.4, -0.2) is 23.8 Å². The molecule has 0 spiro atoms. The zero-order valence-electron chi connectivity index (χ0n) is 11.1. The summed E-state index contributed by atoms with van der Waals surface area (Å²) in [7, 11) is 0. The number of rotatable bonds is 4. The molecule has 4 aliphatic carbocycles. The van der Waals surface area contributed by atoms with Gasteiger partial charge < -0.3 is 9.47 Å². The van der Waals surface area contributed by atoms with Crippen LogP contribution in [0.3, 0.4) is 0 Å². The fourth-order valence-electron chi connectivity index (χ4n) is 4.95. The van der Waals surface area contributed by atoms with Gasteiger partial charge in [-0.3, -0.25) is 0 Å². The van der Waals surface area contributed by atoms with Crippen LogP contribution in [0.25, 0.3) is 0 Å². The van der Waals surface area contributed by atoms with Crippen molar-refractivity contribution in [3.8, 4) is 0 Å². The molecule has 2 unspecified atom stereocenters. The molecule has 2 atom stereocenters. The Hall–Kier alpha value is -0.830. The predicted molar refractivity (Wildman–Crippen MR) is 68.1 cm³/mol. The van der Waals surface area contributed by atoms with Crippen molar-refractivity contribution in [1.82, 2.24) is 0 Å². The van der Waals surface area contributed by atoms with Gasteiger partial charge in [-0.2, -0.15) is 0 Å². The molecule has 3 nitrogen and oxygen atoms in total. The fourth-order valence-corrected chi connectivity index (χ4v) is 4.95. The average molecular weight is 250 g/mol. The zero-order chi connectivity index (χ0) is 12.8. The lowest BCUT2D eigenvalue weighted by molar-refractivity contribution is -0.230. The third kappa shape index (κ3) is 1.89. The highest BCUT2D eigenvalue weighted by atomic mass is 16.6. The first-order valence-electron chi connectivity index (χ1n) is 7.08. The molecule has 0 aromatic rings. The van der Waals surface area contributed by atoms with Crippen LogP contribution < -0.4 is 0 Å². The van der Waals surface area contributed by atoms with Gasteiger partial charge in [0, 0.05) is 19.1 Å². The molecule has 4 fully saturated rings. The normalized spacial score (nSPS) is 44.9. The lowest BCUT2D eigenvalue weighted by atomic mass is 9.52. The highest BCUT2D eigenvalue weighted by molar-refractivity contribution is 5.81. The molecular formula is C15H22O3. The number of hydrogen-bond acceptors (Lipinski definition) is 3.